The minimum absolute atomic E-state index is 0.0172. The molecule has 10 heteroatoms. The van der Waals surface area contributed by atoms with Gasteiger partial charge in [0.1, 0.15) is 11.1 Å². The zero-order valence-corrected chi connectivity index (χ0v) is 20.4. The largest absolute Gasteiger partial charge is 0.469 e. The lowest BCUT2D eigenvalue weighted by Crippen LogP contribution is -2.39. The van der Waals surface area contributed by atoms with Crippen molar-refractivity contribution in [2.24, 2.45) is 5.73 Å². The van der Waals surface area contributed by atoms with Crippen molar-refractivity contribution in [2.75, 3.05) is 12.4 Å². The monoisotopic (exact) mass is 508 g/mol. The third-order valence-corrected chi connectivity index (χ3v) is 7.37. The fourth-order valence-corrected chi connectivity index (χ4v) is 5.57. The lowest BCUT2D eigenvalue weighted by atomic mass is 9.82. The summed E-state index contributed by atoms with van der Waals surface area (Å²) in [6.45, 7) is 1.93. The van der Waals surface area contributed by atoms with Crippen molar-refractivity contribution in [1.29, 1.82) is 5.26 Å². The minimum atomic E-state index is -0.914. The highest BCUT2D eigenvalue weighted by Gasteiger charge is 2.48. The maximum absolute atomic E-state index is 13.7. The number of nitriles is 1. The van der Waals surface area contributed by atoms with E-state index in [9.17, 15) is 19.6 Å². The molecule has 0 radical (unpaired) electrons. The predicted octanol–water partition coefficient (Wildman–Crippen LogP) is 3.80. The maximum Gasteiger partial charge on any atom is 0.307 e. The molecule has 1 fully saturated rings. The first kappa shape index (κ1) is 24.4. The van der Waals surface area contributed by atoms with Gasteiger partial charge in [0.2, 0.25) is 5.91 Å². The molecule has 2 aromatic rings. The van der Waals surface area contributed by atoms with Gasteiger partial charge >= 0.3 is 5.97 Å². The summed E-state index contributed by atoms with van der Waals surface area (Å²) in [4.78, 5) is 40.0. The number of rotatable bonds is 5. The van der Waals surface area contributed by atoms with E-state index >= 15 is 0 Å². The molecular formula is C25H21ClN4O4S. The van der Waals surface area contributed by atoms with Gasteiger partial charge in [0.15, 0.2) is 0 Å². The van der Waals surface area contributed by atoms with Crippen molar-refractivity contribution < 1.29 is 19.1 Å². The number of thioether (sulfide) groups is 1. The summed E-state index contributed by atoms with van der Waals surface area (Å²) >= 11 is 7.53. The fraction of sp³-hybridized carbons (Fsp3) is 0.200. The molecule has 4 rings (SSSR count). The third-order valence-electron chi connectivity index (χ3n) is 5.75. The topological polar surface area (TPSA) is 126 Å². The number of allylic oxidation sites excluding steroid dienone is 1. The number of benzene rings is 2. The number of hydrogen-bond acceptors (Lipinski definition) is 7. The fourth-order valence-electron chi connectivity index (χ4n) is 4.00. The second kappa shape index (κ2) is 9.86. The Morgan fingerprint density at radius 2 is 1.91 bits per heavy atom. The van der Waals surface area contributed by atoms with Crippen molar-refractivity contribution in [2.45, 2.75) is 24.5 Å². The third kappa shape index (κ3) is 4.50. The van der Waals surface area contributed by atoms with Crippen LogP contribution in [0.2, 0.25) is 5.02 Å². The Bertz CT molecular complexity index is 1330. The molecule has 0 aromatic heterocycles. The SMILES string of the molecule is COC(=O)C[C@H]1SC2=C(C(=O)Nc3ccc(C)cc3)[C@H](c3ccccc3Cl)C(C#N)=C(N)N2C1=O. The van der Waals surface area contributed by atoms with Crippen LogP contribution in [0.25, 0.3) is 0 Å². The van der Waals surface area contributed by atoms with Gasteiger partial charge < -0.3 is 15.8 Å². The summed E-state index contributed by atoms with van der Waals surface area (Å²) in [5.41, 5.74) is 8.55. The quantitative estimate of drug-likeness (QED) is 0.588. The van der Waals surface area contributed by atoms with Gasteiger partial charge in [-0.1, -0.05) is 59.3 Å². The van der Waals surface area contributed by atoms with Crippen LogP contribution in [-0.4, -0.2) is 35.0 Å². The zero-order chi connectivity index (χ0) is 25.3. The van der Waals surface area contributed by atoms with E-state index in [1.165, 1.54) is 7.11 Å². The number of nitrogens with zero attached hydrogens (tertiary/aromatic N) is 2. The number of fused-ring (bicyclic) bond motifs is 1. The van der Waals surface area contributed by atoms with Gasteiger partial charge in [0, 0.05) is 10.7 Å². The molecule has 8 nitrogen and oxygen atoms in total. The summed E-state index contributed by atoms with van der Waals surface area (Å²) in [5, 5.41) is 12.7. The Hall–Kier alpha value is -3.74. The normalized spacial score (nSPS) is 19.4. The number of esters is 1. The van der Waals surface area contributed by atoms with E-state index in [1.807, 2.05) is 19.1 Å². The van der Waals surface area contributed by atoms with Gasteiger partial charge in [0.05, 0.1) is 41.7 Å². The number of halogens is 1. The van der Waals surface area contributed by atoms with Crippen LogP contribution in [0.4, 0.5) is 5.69 Å². The molecule has 2 aromatic carbocycles. The van der Waals surface area contributed by atoms with E-state index in [1.54, 1.807) is 36.4 Å². The van der Waals surface area contributed by atoms with Crippen LogP contribution in [0, 0.1) is 18.3 Å². The number of aryl methyl sites for hydroxylation is 1. The van der Waals surface area contributed by atoms with Crippen molar-refractivity contribution in [3.05, 3.63) is 86.7 Å². The van der Waals surface area contributed by atoms with Crippen LogP contribution in [-0.2, 0) is 19.1 Å². The molecule has 2 aliphatic rings. The Morgan fingerprint density at radius 3 is 2.54 bits per heavy atom. The smallest absolute Gasteiger partial charge is 0.307 e. The van der Waals surface area contributed by atoms with Crippen LogP contribution in [0.3, 0.4) is 0 Å². The van der Waals surface area contributed by atoms with Crippen molar-refractivity contribution in [1.82, 2.24) is 4.90 Å². The lowest BCUT2D eigenvalue weighted by Gasteiger charge is -2.32. The first-order valence-electron chi connectivity index (χ1n) is 10.6. The first-order chi connectivity index (χ1) is 16.8. The number of carbonyl (C=O) groups is 3. The molecule has 0 spiro atoms. The van der Waals surface area contributed by atoms with E-state index in [0.717, 1.165) is 22.2 Å². The van der Waals surface area contributed by atoms with Gasteiger partial charge in [-0.25, -0.2) is 0 Å². The molecule has 2 aliphatic heterocycles. The van der Waals surface area contributed by atoms with Gasteiger partial charge in [-0.3, -0.25) is 19.3 Å². The summed E-state index contributed by atoms with van der Waals surface area (Å²) < 4.78 is 4.72. The molecule has 2 amide bonds. The Kier molecular flexibility index (Phi) is 6.87. The second-order valence-electron chi connectivity index (χ2n) is 7.96. The summed E-state index contributed by atoms with van der Waals surface area (Å²) in [5.74, 6) is -2.60. The molecule has 178 valence electrons. The molecule has 1 saturated heterocycles. The maximum atomic E-state index is 13.7. The highest BCUT2D eigenvalue weighted by Crippen LogP contribution is 2.50. The summed E-state index contributed by atoms with van der Waals surface area (Å²) in [7, 11) is 1.23. The number of methoxy groups -OCH3 is 1. The van der Waals surface area contributed by atoms with Crippen LogP contribution in [0.15, 0.2) is 70.5 Å². The molecule has 3 N–H and O–H groups in total. The molecule has 2 heterocycles. The lowest BCUT2D eigenvalue weighted by molar-refractivity contribution is -0.142. The van der Waals surface area contributed by atoms with Crippen LogP contribution >= 0.6 is 23.4 Å². The molecular weight excluding hydrogens is 488 g/mol. The average Bonchev–Trinajstić information content (AvgIpc) is 3.16. The van der Waals surface area contributed by atoms with Gasteiger partial charge in [-0.05, 0) is 30.7 Å². The highest BCUT2D eigenvalue weighted by molar-refractivity contribution is 8.04. The van der Waals surface area contributed by atoms with Crippen molar-refractivity contribution in [3.8, 4) is 6.07 Å². The van der Waals surface area contributed by atoms with E-state index in [-0.39, 0.29) is 28.4 Å². The number of nitrogens with two attached hydrogens (primary N) is 1. The predicted molar refractivity (Wildman–Crippen MR) is 133 cm³/mol. The van der Waals surface area contributed by atoms with Gasteiger partial charge in [0.25, 0.3) is 5.91 Å². The minimum Gasteiger partial charge on any atom is -0.469 e. The van der Waals surface area contributed by atoms with E-state index < -0.39 is 29.0 Å². The summed E-state index contributed by atoms with van der Waals surface area (Å²) in [6.07, 6.45) is -0.210. The number of ether oxygens (including phenoxy) is 1. The standard InChI is InChI=1S/C25H21ClN4O4S/c1-13-7-9-14(10-8-13)29-23(32)21-20(15-5-3-4-6-17(15)26)16(12-27)22(28)30-24(33)18(35-25(21)30)11-19(31)34-2/h3-10,18,20H,11,28H2,1-2H3,(H,29,32)/t18-,20-/m1/s1. The first-order valence-corrected chi connectivity index (χ1v) is 11.9. The molecule has 0 unspecified atom stereocenters. The zero-order valence-electron chi connectivity index (χ0n) is 18.9. The molecule has 0 bridgehead atoms. The van der Waals surface area contributed by atoms with Crippen LogP contribution in [0.5, 0.6) is 0 Å². The second-order valence-corrected chi connectivity index (χ2v) is 9.56. The van der Waals surface area contributed by atoms with E-state index in [2.05, 4.69) is 11.4 Å². The average molecular weight is 509 g/mol. The van der Waals surface area contributed by atoms with Gasteiger partial charge in [-0.2, -0.15) is 5.26 Å². The number of amides is 2. The molecule has 2 atom stereocenters. The van der Waals surface area contributed by atoms with Crippen LogP contribution in [0.1, 0.15) is 23.5 Å². The highest BCUT2D eigenvalue weighted by atomic mass is 35.5. The molecule has 0 aliphatic carbocycles. The summed E-state index contributed by atoms with van der Waals surface area (Å²) in [6, 6.07) is 16.1. The Morgan fingerprint density at radius 1 is 1.23 bits per heavy atom. The van der Waals surface area contributed by atoms with E-state index in [4.69, 9.17) is 22.1 Å². The van der Waals surface area contributed by atoms with Crippen LogP contribution < -0.4 is 11.1 Å². The van der Waals surface area contributed by atoms with Crippen molar-refractivity contribution in [3.63, 3.8) is 0 Å². The van der Waals surface area contributed by atoms with E-state index in [0.29, 0.717) is 16.3 Å². The number of nitrogens with one attached hydrogen (secondary N) is 1. The Labute approximate surface area is 211 Å². The van der Waals surface area contributed by atoms with Gasteiger partial charge in [-0.15, -0.1) is 0 Å². The molecule has 35 heavy (non-hydrogen) atoms. The molecule has 0 saturated carbocycles. The van der Waals surface area contributed by atoms with Crippen molar-refractivity contribution >= 4 is 46.8 Å². The Balaban J connectivity index is 1.89. The number of carbonyl (C=O) groups excluding carboxylic acids is 3. The number of anilines is 1. The number of hydrogen-bond donors (Lipinski definition) is 2.